The van der Waals surface area contributed by atoms with Gasteiger partial charge in [-0.2, -0.15) is 0 Å². The maximum absolute atomic E-state index is 13.7. The van der Waals surface area contributed by atoms with Crippen molar-refractivity contribution in [1.82, 2.24) is 4.98 Å². The van der Waals surface area contributed by atoms with Gasteiger partial charge in [-0.1, -0.05) is 12.1 Å². The highest BCUT2D eigenvalue weighted by Gasteiger charge is 2.16. The molecule has 2 amide bonds. The number of halogens is 2. The van der Waals surface area contributed by atoms with E-state index in [1.54, 1.807) is 0 Å². The first-order chi connectivity index (χ1) is 13.3. The van der Waals surface area contributed by atoms with Crippen LogP contribution < -0.4 is 10.6 Å². The van der Waals surface area contributed by atoms with Gasteiger partial charge >= 0.3 is 0 Å². The number of hydrogen-bond donors (Lipinski definition) is 2. The number of amides is 2. The highest BCUT2D eigenvalue weighted by Crippen LogP contribution is 2.19. The zero-order valence-electron chi connectivity index (χ0n) is 15.2. The van der Waals surface area contributed by atoms with Gasteiger partial charge in [0.15, 0.2) is 0 Å². The zero-order valence-corrected chi connectivity index (χ0v) is 15.2. The summed E-state index contributed by atoms with van der Waals surface area (Å²) in [7, 11) is 0. The molecule has 3 aromatic rings. The van der Waals surface area contributed by atoms with Gasteiger partial charge in [0.05, 0.1) is 11.1 Å². The number of aromatic nitrogens is 1. The lowest BCUT2D eigenvalue weighted by molar-refractivity contribution is 0.102. The Bertz CT molecular complexity index is 1030. The third-order valence-corrected chi connectivity index (χ3v) is 3.94. The second kappa shape index (κ2) is 7.96. The molecule has 0 radical (unpaired) electrons. The Morgan fingerprint density at radius 2 is 1.36 bits per heavy atom. The van der Waals surface area contributed by atoms with E-state index in [1.165, 1.54) is 24.5 Å². The van der Waals surface area contributed by atoms with Crippen molar-refractivity contribution in [2.24, 2.45) is 0 Å². The monoisotopic (exact) mass is 381 g/mol. The van der Waals surface area contributed by atoms with Gasteiger partial charge < -0.3 is 10.6 Å². The molecule has 0 aliphatic carbocycles. The fourth-order valence-corrected chi connectivity index (χ4v) is 2.74. The van der Waals surface area contributed by atoms with E-state index in [0.29, 0.717) is 5.69 Å². The molecule has 1 aromatic heterocycles. The van der Waals surface area contributed by atoms with Crippen molar-refractivity contribution >= 4 is 23.2 Å². The van der Waals surface area contributed by atoms with Gasteiger partial charge in [0.2, 0.25) is 0 Å². The first-order valence-corrected chi connectivity index (χ1v) is 8.43. The summed E-state index contributed by atoms with van der Waals surface area (Å²) in [6, 6.07) is 10.2. The Morgan fingerprint density at radius 3 is 1.93 bits per heavy atom. The minimum absolute atomic E-state index is 0.00396. The van der Waals surface area contributed by atoms with Crippen LogP contribution in [0, 0.1) is 25.5 Å². The Hall–Kier alpha value is -3.61. The Labute approximate surface area is 160 Å². The second-order valence-electron chi connectivity index (χ2n) is 6.34. The number of pyridine rings is 1. The molecule has 7 heteroatoms. The van der Waals surface area contributed by atoms with Gasteiger partial charge in [-0.15, -0.1) is 0 Å². The zero-order chi connectivity index (χ0) is 20.3. The van der Waals surface area contributed by atoms with Crippen molar-refractivity contribution in [1.29, 1.82) is 0 Å². The summed E-state index contributed by atoms with van der Waals surface area (Å²) in [5, 5.41) is 4.91. The summed E-state index contributed by atoms with van der Waals surface area (Å²) in [6.07, 6.45) is 2.51. The Morgan fingerprint density at radius 1 is 0.821 bits per heavy atom. The fraction of sp³-hybridized carbons (Fsp3) is 0.0952. The smallest absolute Gasteiger partial charge is 0.257 e. The van der Waals surface area contributed by atoms with Crippen LogP contribution in [0.1, 0.15) is 31.8 Å². The van der Waals surface area contributed by atoms with Gasteiger partial charge in [0.1, 0.15) is 17.3 Å². The normalized spacial score (nSPS) is 10.4. The SMILES string of the molecule is Cc1cc(C)cc(NC(=O)c2cncc(C(=O)Nc3c(F)cccc3F)c2)c1. The molecule has 0 spiro atoms. The molecule has 0 aliphatic heterocycles. The van der Waals surface area contributed by atoms with E-state index in [0.717, 1.165) is 23.3 Å². The van der Waals surface area contributed by atoms with Crippen LogP contribution in [0.2, 0.25) is 0 Å². The van der Waals surface area contributed by atoms with Crippen molar-refractivity contribution in [3.63, 3.8) is 0 Å². The molecular formula is C21H17F2N3O2. The molecule has 0 atom stereocenters. The number of para-hydroxylation sites is 1. The molecule has 0 aliphatic rings. The van der Waals surface area contributed by atoms with Crippen molar-refractivity contribution in [2.45, 2.75) is 13.8 Å². The van der Waals surface area contributed by atoms with E-state index in [9.17, 15) is 18.4 Å². The molecule has 3 rings (SSSR count). The molecular weight excluding hydrogens is 364 g/mol. The number of nitrogens with one attached hydrogen (secondary N) is 2. The molecule has 0 fully saturated rings. The average Bonchev–Trinajstić information content (AvgIpc) is 2.64. The molecule has 2 aromatic carbocycles. The first kappa shape index (κ1) is 19.2. The van der Waals surface area contributed by atoms with Crippen molar-refractivity contribution in [3.8, 4) is 0 Å². The number of nitrogens with zero attached hydrogens (tertiary/aromatic N) is 1. The Balaban J connectivity index is 1.79. The van der Waals surface area contributed by atoms with Crippen LogP contribution in [0.15, 0.2) is 54.9 Å². The summed E-state index contributed by atoms with van der Waals surface area (Å²) in [5.74, 6) is -3.03. The lowest BCUT2D eigenvalue weighted by Gasteiger charge is -2.10. The van der Waals surface area contributed by atoms with Crippen LogP contribution in [-0.4, -0.2) is 16.8 Å². The highest BCUT2D eigenvalue weighted by molar-refractivity contribution is 6.08. The van der Waals surface area contributed by atoms with Gasteiger partial charge in [0.25, 0.3) is 11.8 Å². The van der Waals surface area contributed by atoms with E-state index in [4.69, 9.17) is 0 Å². The average molecular weight is 381 g/mol. The highest BCUT2D eigenvalue weighted by atomic mass is 19.1. The van der Waals surface area contributed by atoms with E-state index < -0.39 is 29.1 Å². The summed E-state index contributed by atoms with van der Waals surface area (Å²) in [4.78, 5) is 28.7. The quantitative estimate of drug-likeness (QED) is 0.700. The third kappa shape index (κ3) is 4.37. The second-order valence-corrected chi connectivity index (χ2v) is 6.34. The predicted molar refractivity (Wildman–Crippen MR) is 102 cm³/mol. The van der Waals surface area contributed by atoms with Crippen LogP contribution in [0.3, 0.4) is 0 Å². The van der Waals surface area contributed by atoms with Gasteiger partial charge in [0, 0.05) is 18.1 Å². The molecule has 1 heterocycles. The maximum Gasteiger partial charge on any atom is 0.257 e. The lowest BCUT2D eigenvalue weighted by Crippen LogP contribution is -2.17. The van der Waals surface area contributed by atoms with Crippen LogP contribution in [0.4, 0.5) is 20.2 Å². The number of hydrogen-bond acceptors (Lipinski definition) is 3. The predicted octanol–water partition coefficient (Wildman–Crippen LogP) is 4.48. The van der Waals surface area contributed by atoms with Crippen LogP contribution in [0.5, 0.6) is 0 Å². The minimum Gasteiger partial charge on any atom is -0.322 e. The molecule has 2 N–H and O–H groups in total. The van der Waals surface area contributed by atoms with E-state index >= 15 is 0 Å². The van der Waals surface area contributed by atoms with Gasteiger partial charge in [-0.3, -0.25) is 14.6 Å². The minimum atomic E-state index is -0.898. The number of carbonyl (C=O) groups is 2. The number of carbonyl (C=O) groups excluding carboxylic acids is 2. The standard InChI is InChI=1S/C21H17F2N3O2/c1-12-6-13(2)8-16(7-12)25-20(27)14-9-15(11-24-10-14)21(28)26-19-17(22)4-3-5-18(19)23/h3-11H,1-2H3,(H,25,27)(H,26,28). The third-order valence-electron chi connectivity index (χ3n) is 3.94. The molecule has 142 valence electrons. The molecule has 0 bridgehead atoms. The summed E-state index contributed by atoms with van der Waals surface area (Å²) in [6.45, 7) is 3.83. The van der Waals surface area contributed by atoms with E-state index in [2.05, 4.69) is 15.6 Å². The summed E-state index contributed by atoms with van der Waals surface area (Å²) < 4.78 is 27.4. The molecule has 28 heavy (non-hydrogen) atoms. The number of aryl methyl sites for hydroxylation is 2. The van der Waals surface area contributed by atoms with E-state index in [1.807, 2.05) is 32.0 Å². The van der Waals surface area contributed by atoms with Gasteiger partial charge in [-0.05, 0) is 55.3 Å². The number of anilines is 2. The largest absolute Gasteiger partial charge is 0.322 e. The maximum atomic E-state index is 13.7. The Kier molecular flexibility index (Phi) is 5.44. The molecule has 0 saturated heterocycles. The fourth-order valence-electron chi connectivity index (χ4n) is 2.74. The molecule has 0 unspecified atom stereocenters. The first-order valence-electron chi connectivity index (χ1n) is 8.43. The van der Waals surface area contributed by atoms with Crippen molar-refractivity contribution < 1.29 is 18.4 Å². The van der Waals surface area contributed by atoms with Crippen molar-refractivity contribution in [2.75, 3.05) is 10.6 Å². The van der Waals surface area contributed by atoms with Crippen LogP contribution in [-0.2, 0) is 0 Å². The van der Waals surface area contributed by atoms with Gasteiger partial charge in [-0.25, -0.2) is 8.78 Å². The lowest BCUT2D eigenvalue weighted by atomic mass is 10.1. The summed E-state index contributed by atoms with van der Waals surface area (Å²) in [5.41, 5.74) is 2.18. The topological polar surface area (TPSA) is 71.1 Å². The molecule has 0 saturated carbocycles. The number of rotatable bonds is 4. The van der Waals surface area contributed by atoms with E-state index in [-0.39, 0.29) is 11.1 Å². The van der Waals surface area contributed by atoms with Crippen LogP contribution >= 0.6 is 0 Å². The molecule has 5 nitrogen and oxygen atoms in total. The number of benzene rings is 2. The summed E-state index contributed by atoms with van der Waals surface area (Å²) >= 11 is 0. The van der Waals surface area contributed by atoms with Crippen molar-refractivity contribution in [3.05, 3.63) is 88.7 Å². The van der Waals surface area contributed by atoms with Crippen LogP contribution in [0.25, 0.3) is 0 Å².